The highest BCUT2D eigenvalue weighted by Crippen LogP contribution is 2.28. The number of thiazole rings is 1. The number of rotatable bonds is 3. The van der Waals surface area contributed by atoms with E-state index in [2.05, 4.69) is 32.4 Å². The Kier molecular flexibility index (Phi) is 3.79. The Labute approximate surface area is 112 Å². The third-order valence-corrected chi connectivity index (χ3v) is 5.24. The number of nitrogens with zero attached hydrogens (tertiary/aromatic N) is 1. The first kappa shape index (κ1) is 12.2. The number of nitrogens with two attached hydrogens (primary N) is 1. The fraction of sp³-hybridized carbons (Fsp3) is 0.364. The summed E-state index contributed by atoms with van der Waals surface area (Å²) in [6, 6.07) is 2.20. The van der Waals surface area contributed by atoms with Gasteiger partial charge in [-0.25, -0.2) is 4.98 Å². The molecule has 0 spiro atoms. The molecule has 0 saturated heterocycles. The third kappa shape index (κ3) is 2.71. The molecule has 0 aliphatic rings. The molecule has 0 amide bonds. The molecule has 0 radical (unpaired) electrons. The van der Waals surface area contributed by atoms with E-state index in [0.29, 0.717) is 0 Å². The van der Waals surface area contributed by atoms with Gasteiger partial charge >= 0.3 is 0 Å². The molecule has 2 nitrogen and oxygen atoms in total. The van der Waals surface area contributed by atoms with E-state index in [9.17, 15) is 0 Å². The molecule has 5 heteroatoms. The van der Waals surface area contributed by atoms with Crippen LogP contribution in [0.2, 0.25) is 0 Å². The summed E-state index contributed by atoms with van der Waals surface area (Å²) in [6.45, 7) is 4.05. The van der Waals surface area contributed by atoms with Crippen LogP contribution in [0.5, 0.6) is 0 Å². The zero-order chi connectivity index (χ0) is 11.7. The molecule has 0 aromatic carbocycles. The van der Waals surface area contributed by atoms with Gasteiger partial charge in [-0.05, 0) is 35.8 Å². The van der Waals surface area contributed by atoms with E-state index in [1.54, 1.807) is 22.7 Å². The maximum absolute atomic E-state index is 6.21. The van der Waals surface area contributed by atoms with Crippen molar-refractivity contribution >= 4 is 38.6 Å². The molecule has 2 aromatic heterocycles. The highest BCUT2D eigenvalue weighted by molar-refractivity contribution is 9.10. The normalized spacial score (nSPS) is 13.0. The number of thiophene rings is 1. The summed E-state index contributed by atoms with van der Waals surface area (Å²) < 4.78 is 1.14. The van der Waals surface area contributed by atoms with Crippen LogP contribution < -0.4 is 5.73 Å². The zero-order valence-electron chi connectivity index (χ0n) is 9.16. The Balaban J connectivity index is 2.14. The first-order valence-electron chi connectivity index (χ1n) is 4.98. The molecule has 0 saturated carbocycles. The predicted molar refractivity (Wildman–Crippen MR) is 74.2 cm³/mol. The third-order valence-electron chi connectivity index (χ3n) is 2.32. The number of aromatic nitrogens is 1. The summed E-state index contributed by atoms with van der Waals surface area (Å²) in [5, 5.41) is 3.18. The standard InChI is InChI=1S/C11H13BrN2S2/c1-6-11(16-7(2)14-6)10(13)4-9-3-8(12)5-15-9/h3,5,10H,4,13H2,1-2H3. The van der Waals surface area contributed by atoms with Crippen LogP contribution in [-0.2, 0) is 6.42 Å². The molecule has 0 fully saturated rings. The molecule has 86 valence electrons. The second kappa shape index (κ2) is 4.96. The fourth-order valence-electron chi connectivity index (χ4n) is 1.66. The van der Waals surface area contributed by atoms with E-state index in [0.717, 1.165) is 21.6 Å². The minimum atomic E-state index is 0.0664. The van der Waals surface area contributed by atoms with Crippen LogP contribution in [0.25, 0.3) is 0 Å². The van der Waals surface area contributed by atoms with Crippen LogP contribution >= 0.6 is 38.6 Å². The van der Waals surface area contributed by atoms with E-state index < -0.39 is 0 Å². The van der Waals surface area contributed by atoms with Gasteiger partial charge < -0.3 is 5.73 Å². The topological polar surface area (TPSA) is 38.9 Å². The van der Waals surface area contributed by atoms with Crippen LogP contribution in [0.4, 0.5) is 0 Å². The number of hydrogen-bond donors (Lipinski definition) is 1. The van der Waals surface area contributed by atoms with Crippen molar-refractivity contribution in [1.29, 1.82) is 0 Å². The lowest BCUT2D eigenvalue weighted by Gasteiger charge is -2.08. The van der Waals surface area contributed by atoms with Crippen LogP contribution in [-0.4, -0.2) is 4.98 Å². The van der Waals surface area contributed by atoms with E-state index in [1.165, 1.54) is 9.75 Å². The molecule has 2 N–H and O–H groups in total. The maximum Gasteiger partial charge on any atom is 0.0900 e. The first-order valence-corrected chi connectivity index (χ1v) is 7.47. The minimum Gasteiger partial charge on any atom is -0.323 e. The molecule has 0 aliphatic heterocycles. The molecule has 1 atom stereocenters. The van der Waals surface area contributed by atoms with Gasteiger partial charge in [-0.1, -0.05) is 0 Å². The summed E-state index contributed by atoms with van der Waals surface area (Å²) in [4.78, 5) is 6.93. The summed E-state index contributed by atoms with van der Waals surface area (Å²) >= 11 is 6.90. The second-order valence-electron chi connectivity index (χ2n) is 3.72. The summed E-state index contributed by atoms with van der Waals surface area (Å²) in [5.74, 6) is 0. The number of halogens is 1. The van der Waals surface area contributed by atoms with Crippen LogP contribution in [0, 0.1) is 13.8 Å². The SMILES string of the molecule is Cc1nc(C)c(C(N)Cc2cc(Br)cs2)s1. The highest BCUT2D eigenvalue weighted by Gasteiger charge is 2.14. The van der Waals surface area contributed by atoms with Gasteiger partial charge in [0.05, 0.1) is 10.7 Å². The van der Waals surface area contributed by atoms with E-state index in [1.807, 2.05) is 13.8 Å². The first-order chi connectivity index (χ1) is 7.56. The predicted octanol–water partition coefficient (Wildman–Crippen LogP) is 3.83. The van der Waals surface area contributed by atoms with Crippen molar-refractivity contribution in [3.63, 3.8) is 0 Å². The fourth-order valence-corrected chi connectivity index (χ4v) is 4.10. The molecular formula is C11H13BrN2S2. The Morgan fingerprint density at radius 1 is 1.50 bits per heavy atom. The zero-order valence-corrected chi connectivity index (χ0v) is 12.4. The van der Waals surface area contributed by atoms with Crippen molar-refractivity contribution in [2.24, 2.45) is 5.73 Å². The van der Waals surface area contributed by atoms with Crippen LogP contribution in [0.1, 0.15) is 26.5 Å². The van der Waals surface area contributed by atoms with Crippen LogP contribution in [0.3, 0.4) is 0 Å². The van der Waals surface area contributed by atoms with Gasteiger partial charge in [0.1, 0.15) is 0 Å². The smallest absolute Gasteiger partial charge is 0.0900 e. The van der Waals surface area contributed by atoms with Crippen molar-refractivity contribution in [3.8, 4) is 0 Å². The molecule has 2 rings (SSSR count). The molecule has 0 aliphatic carbocycles. The Hall–Kier alpha value is -0.230. The molecule has 0 bridgehead atoms. The van der Waals surface area contributed by atoms with E-state index >= 15 is 0 Å². The Morgan fingerprint density at radius 3 is 2.75 bits per heavy atom. The van der Waals surface area contributed by atoms with Gasteiger partial charge in [0.2, 0.25) is 0 Å². The van der Waals surface area contributed by atoms with Crippen molar-refractivity contribution in [1.82, 2.24) is 4.98 Å². The Bertz CT molecular complexity index is 490. The maximum atomic E-state index is 6.21. The average Bonchev–Trinajstić information content (AvgIpc) is 2.73. The lowest BCUT2D eigenvalue weighted by Crippen LogP contribution is -2.12. The van der Waals surface area contributed by atoms with E-state index in [4.69, 9.17) is 5.73 Å². The van der Waals surface area contributed by atoms with Gasteiger partial charge in [0, 0.05) is 32.1 Å². The number of hydrogen-bond acceptors (Lipinski definition) is 4. The van der Waals surface area contributed by atoms with Gasteiger partial charge in [-0.2, -0.15) is 0 Å². The molecular weight excluding hydrogens is 304 g/mol. The van der Waals surface area contributed by atoms with E-state index in [-0.39, 0.29) is 6.04 Å². The monoisotopic (exact) mass is 316 g/mol. The molecule has 2 aromatic rings. The van der Waals surface area contributed by atoms with Gasteiger partial charge in [0.15, 0.2) is 0 Å². The largest absolute Gasteiger partial charge is 0.323 e. The summed E-state index contributed by atoms with van der Waals surface area (Å²) in [6.07, 6.45) is 0.888. The molecule has 16 heavy (non-hydrogen) atoms. The summed E-state index contributed by atoms with van der Waals surface area (Å²) in [7, 11) is 0. The summed E-state index contributed by atoms with van der Waals surface area (Å²) in [5.41, 5.74) is 7.29. The van der Waals surface area contributed by atoms with Gasteiger partial charge in [-0.15, -0.1) is 22.7 Å². The highest BCUT2D eigenvalue weighted by atomic mass is 79.9. The molecule has 2 heterocycles. The van der Waals surface area contributed by atoms with Crippen molar-refractivity contribution < 1.29 is 0 Å². The second-order valence-corrected chi connectivity index (χ2v) is 6.87. The number of aryl methyl sites for hydroxylation is 2. The minimum absolute atomic E-state index is 0.0664. The van der Waals surface area contributed by atoms with Crippen LogP contribution in [0.15, 0.2) is 15.9 Å². The molecule has 1 unspecified atom stereocenters. The van der Waals surface area contributed by atoms with Crippen molar-refractivity contribution in [3.05, 3.63) is 36.4 Å². The Morgan fingerprint density at radius 2 is 2.25 bits per heavy atom. The van der Waals surface area contributed by atoms with Crippen molar-refractivity contribution in [2.45, 2.75) is 26.3 Å². The lowest BCUT2D eigenvalue weighted by molar-refractivity contribution is 0.737. The quantitative estimate of drug-likeness (QED) is 0.934. The van der Waals surface area contributed by atoms with Gasteiger partial charge in [0.25, 0.3) is 0 Å². The van der Waals surface area contributed by atoms with Crippen molar-refractivity contribution in [2.75, 3.05) is 0 Å². The lowest BCUT2D eigenvalue weighted by atomic mass is 10.1. The average molecular weight is 317 g/mol. The van der Waals surface area contributed by atoms with Gasteiger partial charge in [-0.3, -0.25) is 0 Å².